The van der Waals surface area contributed by atoms with Gasteiger partial charge in [0.15, 0.2) is 11.6 Å². The van der Waals surface area contributed by atoms with Gasteiger partial charge in [0.25, 0.3) is 0 Å². The number of fused-ring (bicyclic) bond motifs is 3. The summed E-state index contributed by atoms with van der Waals surface area (Å²) in [7, 11) is 1.48. The lowest BCUT2D eigenvalue weighted by atomic mass is 9.59. The molecule has 1 heterocycles. The Morgan fingerprint density at radius 1 is 1.13 bits per heavy atom. The van der Waals surface area contributed by atoms with Crippen molar-refractivity contribution in [3.05, 3.63) is 57.1 Å². The number of nitrogens with one attached hydrogen (secondary N) is 1. The Bertz CT molecular complexity index is 1180. The molecule has 0 aromatic heterocycles. The van der Waals surface area contributed by atoms with Crippen molar-refractivity contribution in [1.82, 2.24) is 5.32 Å². The van der Waals surface area contributed by atoms with Crippen molar-refractivity contribution in [3.63, 3.8) is 0 Å². The number of aromatic hydroxyl groups is 1. The number of allylic oxidation sites excluding steroid dienone is 6. The fourth-order valence-electron chi connectivity index (χ4n) is 5.37. The van der Waals surface area contributed by atoms with E-state index < -0.39 is 23.7 Å². The summed E-state index contributed by atoms with van der Waals surface area (Å²) in [5.74, 6) is -3.07. The Morgan fingerprint density at radius 3 is 2.61 bits per heavy atom. The molecule has 4 aliphatic rings. The van der Waals surface area contributed by atoms with Gasteiger partial charge in [-0.3, -0.25) is 24.5 Å². The molecule has 3 aliphatic carbocycles. The normalized spacial score (nSPS) is 29.6. The largest absolute Gasteiger partial charge is 0.507 e. The average Bonchev–Trinajstić information content (AvgIpc) is 3.04. The first kappa shape index (κ1) is 19.9. The van der Waals surface area contributed by atoms with Gasteiger partial charge < -0.3 is 9.84 Å². The van der Waals surface area contributed by atoms with Gasteiger partial charge >= 0.3 is 0 Å². The van der Waals surface area contributed by atoms with Gasteiger partial charge in [-0.15, -0.1) is 0 Å². The van der Waals surface area contributed by atoms with Crippen molar-refractivity contribution < 1.29 is 29.0 Å². The maximum atomic E-state index is 13.0. The third-order valence-corrected chi connectivity index (χ3v) is 7.31. The minimum Gasteiger partial charge on any atom is -0.507 e. The number of ketones is 2. The SMILES string of the molecule is COc1ccc(C2C3=CCC4C(=O)NC(=O)C4C3CC3=C2C(=O)C=C(Br)C3=O)c(O)c1. The first-order valence-electron chi connectivity index (χ1n) is 9.92. The van der Waals surface area contributed by atoms with Gasteiger partial charge in [0.2, 0.25) is 11.8 Å². The zero-order valence-electron chi connectivity index (χ0n) is 16.5. The molecular weight excluding hydrogens is 466 g/mol. The number of methoxy groups -OCH3 is 1. The predicted molar refractivity (Wildman–Crippen MR) is 112 cm³/mol. The van der Waals surface area contributed by atoms with Gasteiger partial charge in [0.1, 0.15) is 11.5 Å². The first-order chi connectivity index (χ1) is 14.8. The van der Waals surface area contributed by atoms with E-state index in [1.54, 1.807) is 12.1 Å². The molecule has 158 valence electrons. The molecule has 0 radical (unpaired) electrons. The summed E-state index contributed by atoms with van der Waals surface area (Å²) in [4.78, 5) is 50.9. The van der Waals surface area contributed by atoms with Crippen LogP contribution in [0.15, 0.2) is 51.6 Å². The number of Topliss-reactive ketones (excluding diaryl/α,β-unsaturated/α-hetero) is 1. The van der Waals surface area contributed by atoms with E-state index in [4.69, 9.17) is 4.74 Å². The lowest BCUT2D eigenvalue weighted by molar-refractivity contribution is -0.126. The van der Waals surface area contributed by atoms with Crippen molar-refractivity contribution in [2.75, 3.05) is 7.11 Å². The summed E-state index contributed by atoms with van der Waals surface area (Å²) in [6, 6.07) is 4.81. The van der Waals surface area contributed by atoms with E-state index >= 15 is 0 Å². The van der Waals surface area contributed by atoms with E-state index in [1.165, 1.54) is 19.3 Å². The zero-order valence-corrected chi connectivity index (χ0v) is 18.1. The lowest BCUT2D eigenvalue weighted by Gasteiger charge is -2.42. The van der Waals surface area contributed by atoms with Crippen LogP contribution in [0.5, 0.6) is 11.5 Å². The van der Waals surface area contributed by atoms with Crippen LogP contribution in [0.25, 0.3) is 0 Å². The second-order valence-corrected chi connectivity index (χ2v) is 9.03. The molecule has 0 spiro atoms. The van der Waals surface area contributed by atoms with Crippen molar-refractivity contribution in [2.24, 2.45) is 17.8 Å². The number of benzene rings is 1. The fraction of sp³-hybridized carbons (Fsp3) is 0.304. The molecule has 0 bridgehead atoms. The number of phenolic OH excluding ortho intramolecular Hbond substituents is 1. The van der Waals surface area contributed by atoms with Gasteiger partial charge in [-0.05, 0) is 40.8 Å². The Balaban J connectivity index is 1.72. The van der Waals surface area contributed by atoms with Crippen LogP contribution in [0.2, 0.25) is 0 Å². The summed E-state index contributed by atoms with van der Waals surface area (Å²) in [6.45, 7) is 0. The number of carbonyl (C=O) groups is 4. The quantitative estimate of drug-likeness (QED) is 0.379. The topological polar surface area (TPSA) is 110 Å². The van der Waals surface area contributed by atoms with Gasteiger partial charge in [-0.25, -0.2) is 0 Å². The summed E-state index contributed by atoms with van der Waals surface area (Å²) in [6.07, 6.45) is 3.72. The van der Waals surface area contributed by atoms with Crippen LogP contribution in [-0.4, -0.2) is 35.6 Å². The molecule has 2 amide bonds. The van der Waals surface area contributed by atoms with Crippen molar-refractivity contribution >= 4 is 39.3 Å². The zero-order chi connectivity index (χ0) is 22.0. The minimum absolute atomic E-state index is 0.0688. The van der Waals surface area contributed by atoms with E-state index in [-0.39, 0.29) is 40.0 Å². The Kier molecular flexibility index (Phi) is 4.51. The van der Waals surface area contributed by atoms with Crippen LogP contribution >= 0.6 is 15.9 Å². The van der Waals surface area contributed by atoms with Crippen molar-refractivity contribution in [3.8, 4) is 11.5 Å². The molecule has 1 aromatic carbocycles. The summed E-state index contributed by atoms with van der Waals surface area (Å²) < 4.78 is 5.34. The number of imide groups is 1. The Labute approximate surface area is 186 Å². The van der Waals surface area contributed by atoms with Crippen molar-refractivity contribution in [2.45, 2.75) is 18.8 Å². The molecule has 4 unspecified atom stereocenters. The number of amides is 2. The third-order valence-electron chi connectivity index (χ3n) is 6.72. The van der Waals surface area contributed by atoms with Crippen LogP contribution in [-0.2, 0) is 19.2 Å². The summed E-state index contributed by atoms with van der Waals surface area (Å²) in [5.41, 5.74) is 1.90. The second-order valence-electron chi connectivity index (χ2n) is 8.17. The standard InChI is InChI=1S/C23H18BrNO6/c1-31-9-2-3-11(16(26)6-9)18-10-4-5-12-19(23(30)25-22(12)29)13(10)7-14-20(18)17(27)8-15(24)21(14)28/h2-4,6,8,12-13,18-19,26H,5,7H2,1H3,(H,25,29,30). The molecule has 1 saturated heterocycles. The van der Waals surface area contributed by atoms with E-state index in [1.807, 2.05) is 6.08 Å². The highest BCUT2D eigenvalue weighted by molar-refractivity contribution is 9.12. The number of carbonyl (C=O) groups excluding carboxylic acids is 4. The van der Waals surface area contributed by atoms with E-state index in [2.05, 4.69) is 21.2 Å². The molecule has 0 saturated carbocycles. The van der Waals surface area contributed by atoms with Crippen LogP contribution in [0, 0.1) is 17.8 Å². The first-order valence-corrected chi connectivity index (χ1v) is 10.7. The molecular formula is C23H18BrNO6. The van der Waals surface area contributed by atoms with Crippen LogP contribution in [0.1, 0.15) is 24.3 Å². The number of hydrogen-bond acceptors (Lipinski definition) is 6. The van der Waals surface area contributed by atoms with Gasteiger partial charge in [0, 0.05) is 34.8 Å². The molecule has 2 N–H and O–H groups in total. The fourth-order valence-corrected chi connectivity index (χ4v) is 5.81. The molecule has 5 rings (SSSR count). The molecule has 1 aliphatic heterocycles. The maximum absolute atomic E-state index is 13.0. The summed E-state index contributed by atoms with van der Waals surface area (Å²) in [5, 5.41) is 13.2. The number of rotatable bonds is 2. The van der Waals surface area contributed by atoms with E-state index in [9.17, 15) is 24.3 Å². The minimum atomic E-state index is -0.683. The van der Waals surface area contributed by atoms with Gasteiger partial charge in [-0.1, -0.05) is 17.7 Å². The van der Waals surface area contributed by atoms with E-state index in [0.29, 0.717) is 28.9 Å². The molecule has 1 aromatic rings. The molecule has 7 nitrogen and oxygen atoms in total. The number of hydrogen-bond donors (Lipinski definition) is 2. The highest BCUT2D eigenvalue weighted by Gasteiger charge is 2.53. The van der Waals surface area contributed by atoms with Gasteiger partial charge in [0.05, 0.1) is 23.4 Å². The molecule has 4 atom stereocenters. The average molecular weight is 484 g/mol. The van der Waals surface area contributed by atoms with E-state index in [0.717, 1.165) is 5.57 Å². The highest BCUT2D eigenvalue weighted by Crippen LogP contribution is 2.55. The van der Waals surface area contributed by atoms with Gasteiger partial charge in [-0.2, -0.15) is 0 Å². The number of ether oxygens (including phenoxy) is 1. The Morgan fingerprint density at radius 2 is 1.90 bits per heavy atom. The highest BCUT2D eigenvalue weighted by atomic mass is 79.9. The Hall–Kier alpha value is -3.00. The smallest absolute Gasteiger partial charge is 0.231 e. The maximum Gasteiger partial charge on any atom is 0.231 e. The second kappa shape index (κ2) is 7.02. The predicted octanol–water partition coefficient (Wildman–Crippen LogP) is 2.45. The third kappa shape index (κ3) is 2.85. The number of phenols is 1. The molecule has 1 fully saturated rings. The molecule has 31 heavy (non-hydrogen) atoms. The lowest BCUT2D eigenvalue weighted by Crippen LogP contribution is -2.39. The van der Waals surface area contributed by atoms with Crippen LogP contribution in [0.4, 0.5) is 0 Å². The monoisotopic (exact) mass is 483 g/mol. The summed E-state index contributed by atoms with van der Waals surface area (Å²) >= 11 is 3.17. The van der Waals surface area contributed by atoms with Crippen molar-refractivity contribution in [1.29, 1.82) is 0 Å². The number of halogens is 1. The van der Waals surface area contributed by atoms with Crippen LogP contribution in [0.3, 0.4) is 0 Å². The molecule has 8 heteroatoms. The van der Waals surface area contributed by atoms with Crippen LogP contribution < -0.4 is 10.1 Å².